The second-order valence-electron chi connectivity index (χ2n) is 5.83. The molecule has 0 saturated heterocycles. The number of amides is 2. The van der Waals surface area contributed by atoms with E-state index in [2.05, 4.69) is 20.7 Å². The molecule has 1 aliphatic rings. The molecule has 2 N–H and O–H groups in total. The van der Waals surface area contributed by atoms with E-state index >= 15 is 0 Å². The molecule has 1 atom stereocenters. The topological polar surface area (TPSA) is 88.9 Å². The highest BCUT2D eigenvalue weighted by Crippen LogP contribution is 2.27. The number of hydrogen-bond acceptors (Lipinski definition) is 4. The molecule has 2 amide bonds. The van der Waals surface area contributed by atoms with Crippen LogP contribution in [-0.2, 0) is 9.59 Å². The molecule has 0 aliphatic carbocycles. The lowest BCUT2D eigenvalue weighted by molar-refractivity contribution is -0.125. The number of aromatic nitrogens is 3. The largest absolute Gasteiger partial charge is 0.324 e. The molecule has 26 heavy (non-hydrogen) atoms. The van der Waals surface area contributed by atoms with Gasteiger partial charge in [0.25, 0.3) is 0 Å². The molecule has 8 heteroatoms. The summed E-state index contributed by atoms with van der Waals surface area (Å²) < 4.78 is 14.4. The zero-order valence-corrected chi connectivity index (χ0v) is 13.5. The van der Waals surface area contributed by atoms with Crippen molar-refractivity contribution in [2.24, 2.45) is 0 Å². The van der Waals surface area contributed by atoms with Gasteiger partial charge in [-0.1, -0.05) is 30.3 Å². The van der Waals surface area contributed by atoms with Gasteiger partial charge in [0.2, 0.25) is 17.8 Å². The summed E-state index contributed by atoms with van der Waals surface area (Å²) in [6.07, 6.45) is -0.0579. The molecule has 0 bridgehead atoms. The van der Waals surface area contributed by atoms with Crippen LogP contribution in [0.25, 0.3) is 11.4 Å². The molecule has 0 spiro atoms. The molecule has 0 radical (unpaired) electrons. The van der Waals surface area contributed by atoms with Crippen LogP contribution in [0, 0.1) is 5.82 Å². The predicted octanol–water partition coefficient (Wildman–Crippen LogP) is 2.61. The van der Waals surface area contributed by atoms with E-state index in [0.717, 1.165) is 5.56 Å². The number of nitrogens with one attached hydrogen (secondary N) is 2. The molecule has 3 aromatic rings. The molecule has 0 saturated carbocycles. The summed E-state index contributed by atoms with van der Waals surface area (Å²) in [5.41, 5.74) is 1.22. The molecule has 2 heterocycles. The van der Waals surface area contributed by atoms with E-state index in [1.165, 1.54) is 28.9 Å². The first-order valence-corrected chi connectivity index (χ1v) is 7.98. The Morgan fingerprint density at radius 1 is 1.15 bits per heavy atom. The highest BCUT2D eigenvalue weighted by molar-refractivity contribution is 6.00. The van der Waals surface area contributed by atoms with E-state index < -0.39 is 17.8 Å². The van der Waals surface area contributed by atoms with Gasteiger partial charge in [-0.25, -0.2) is 9.07 Å². The van der Waals surface area contributed by atoms with Crippen LogP contribution in [0.1, 0.15) is 12.5 Å². The van der Waals surface area contributed by atoms with Crippen LogP contribution in [0.2, 0.25) is 0 Å². The lowest BCUT2D eigenvalue weighted by Crippen LogP contribution is -2.36. The maximum Gasteiger partial charge on any atom is 0.249 e. The monoisotopic (exact) mass is 351 g/mol. The van der Waals surface area contributed by atoms with Gasteiger partial charge in [-0.05, 0) is 24.3 Å². The molecule has 1 aliphatic heterocycles. The van der Waals surface area contributed by atoms with Gasteiger partial charge in [0.1, 0.15) is 11.9 Å². The molecule has 1 aromatic heterocycles. The summed E-state index contributed by atoms with van der Waals surface area (Å²) in [6.45, 7) is 0. The third kappa shape index (κ3) is 3.04. The Balaban J connectivity index is 1.64. The van der Waals surface area contributed by atoms with Crippen molar-refractivity contribution in [1.29, 1.82) is 0 Å². The van der Waals surface area contributed by atoms with Crippen LogP contribution in [-0.4, -0.2) is 26.6 Å². The van der Waals surface area contributed by atoms with Crippen molar-refractivity contribution in [2.75, 3.05) is 10.6 Å². The fraction of sp³-hybridized carbons (Fsp3) is 0.111. The number of hydrogen-bond donors (Lipinski definition) is 2. The van der Waals surface area contributed by atoms with E-state index in [0.29, 0.717) is 11.5 Å². The van der Waals surface area contributed by atoms with Crippen molar-refractivity contribution in [2.45, 2.75) is 12.5 Å². The highest BCUT2D eigenvalue weighted by atomic mass is 19.1. The van der Waals surface area contributed by atoms with Gasteiger partial charge in [-0.2, -0.15) is 4.98 Å². The second-order valence-corrected chi connectivity index (χ2v) is 5.83. The Labute approximate surface area is 147 Å². The van der Waals surface area contributed by atoms with Crippen LogP contribution in [0.4, 0.5) is 16.0 Å². The first kappa shape index (κ1) is 15.9. The third-order valence-electron chi connectivity index (χ3n) is 4.00. The first-order chi connectivity index (χ1) is 12.6. The Hall–Kier alpha value is -3.55. The van der Waals surface area contributed by atoms with Crippen LogP contribution >= 0.6 is 0 Å². The number of fused-ring (bicyclic) bond motifs is 1. The Morgan fingerprint density at radius 3 is 2.62 bits per heavy atom. The van der Waals surface area contributed by atoms with Crippen LogP contribution in [0.5, 0.6) is 0 Å². The number of halogens is 1. The minimum Gasteiger partial charge on any atom is -0.324 e. The van der Waals surface area contributed by atoms with E-state index in [9.17, 15) is 14.0 Å². The summed E-state index contributed by atoms with van der Waals surface area (Å²) in [4.78, 5) is 28.9. The Morgan fingerprint density at radius 2 is 1.88 bits per heavy atom. The van der Waals surface area contributed by atoms with Gasteiger partial charge in [-0.15, -0.1) is 5.10 Å². The number of rotatable bonds is 3. The molecule has 0 fully saturated rings. The quantitative estimate of drug-likeness (QED) is 0.759. The van der Waals surface area contributed by atoms with Gasteiger partial charge in [-0.3, -0.25) is 14.9 Å². The summed E-state index contributed by atoms with van der Waals surface area (Å²) in [5, 5.41) is 9.69. The fourth-order valence-electron chi connectivity index (χ4n) is 2.74. The van der Waals surface area contributed by atoms with Gasteiger partial charge in [0.15, 0.2) is 5.82 Å². The van der Waals surface area contributed by atoms with Crippen molar-refractivity contribution < 1.29 is 14.0 Å². The van der Waals surface area contributed by atoms with Gasteiger partial charge < -0.3 is 5.32 Å². The predicted molar refractivity (Wildman–Crippen MR) is 92.8 cm³/mol. The molecule has 130 valence electrons. The second kappa shape index (κ2) is 6.40. The average molecular weight is 351 g/mol. The molecular formula is C18H14FN5O2. The van der Waals surface area contributed by atoms with Gasteiger partial charge >= 0.3 is 0 Å². The van der Waals surface area contributed by atoms with Crippen molar-refractivity contribution >= 4 is 23.5 Å². The van der Waals surface area contributed by atoms with Crippen LogP contribution in [0.15, 0.2) is 54.6 Å². The zero-order valence-electron chi connectivity index (χ0n) is 13.5. The fourth-order valence-corrected chi connectivity index (χ4v) is 2.74. The van der Waals surface area contributed by atoms with Crippen LogP contribution < -0.4 is 10.6 Å². The number of carbonyl (C=O) groups is 2. The molecular weight excluding hydrogens is 337 g/mol. The van der Waals surface area contributed by atoms with Crippen molar-refractivity contribution in [3.8, 4) is 11.4 Å². The number of anilines is 2. The van der Waals surface area contributed by atoms with E-state index in [1.54, 1.807) is 0 Å². The lowest BCUT2D eigenvalue weighted by atomic mass is 10.1. The SMILES string of the molecule is O=C1C[C@@H](C(=O)Nc2ccc(F)cc2)n2nc(-c3ccccc3)nc2N1. The van der Waals surface area contributed by atoms with Crippen molar-refractivity contribution in [1.82, 2.24) is 14.8 Å². The smallest absolute Gasteiger partial charge is 0.249 e. The number of carbonyl (C=O) groups excluding carboxylic acids is 2. The minimum absolute atomic E-state index is 0.0579. The van der Waals surface area contributed by atoms with Crippen molar-refractivity contribution in [3.63, 3.8) is 0 Å². The number of nitrogens with zero attached hydrogens (tertiary/aromatic N) is 3. The average Bonchev–Trinajstić information content (AvgIpc) is 3.07. The first-order valence-electron chi connectivity index (χ1n) is 7.98. The molecule has 0 unspecified atom stereocenters. The standard InChI is InChI=1S/C18H14FN5O2/c19-12-6-8-13(9-7-12)20-17(26)14-10-15(25)21-18-22-16(23-24(14)18)11-4-2-1-3-5-11/h1-9,14H,10H2,(H,20,26)(H,21,22,23,25)/t14-/m0/s1. The third-order valence-corrected chi connectivity index (χ3v) is 4.00. The van der Waals surface area contributed by atoms with Gasteiger partial charge in [0.05, 0.1) is 6.42 Å². The summed E-state index contributed by atoms with van der Waals surface area (Å²) in [5.74, 6) is -0.492. The van der Waals surface area contributed by atoms with E-state index in [4.69, 9.17) is 0 Å². The maximum atomic E-state index is 13.0. The lowest BCUT2D eigenvalue weighted by Gasteiger charge is -2.22. The van der Waals surface area contributed by atoms with Crippen LogP contribution in [0.3, 0.4) is 0 Å². The zero-order chi connectivity index (χ0) is 18.1. The highest BCUT2D eigenvalue weighted by Gasteiger charge is 2.33. The normalized spacial score (nSPS) is 15.9. The molecule has 7 nitrogen and oxygen atoms in total. The van der Waals surface area contributed by atoms with E-state index in [1.807, 2.05) is 30.3 Å². The van der Waals surface area contributed by atoms with Crippen molar-refractivity contribution in [3.05, 3.63) is 60.4 Å². The minimum atomic E-state index is -0.839. The molecule has 2 aromatic carbocycles. The van der Waals surface area contributed by atoms with E-state index in [-0.39, 0.29) is 18.3 Å². The molecule has 4 rings (SSSR count). The number of benzene rings is 2. The maximum absolute atomic E-state index is 13.0. The summed E-state index contributed by atoms with van der Waals surface area (Å²) >= 11 is 0. The summed E-state index contributed by atoms with van der Waals surface area (Å²) in [6, 6.07) is 13.8. The summed E-state index contributed by atoms with van der Waals surface area (Å²) in [7, 11) is 0. The van der Waals surface area contributed by atoms with Gasteiger partial charge in [0, 0.05) is 11.3 Å². The Kier molecular flexibility index (Phi) is 3.92. The Bertz CT molecular complexity index is 969.